The molecule has 0 atom stereocenters. The lowest BCUT2D eigenvalue weighted by Gasteiger charge is -2.04. The number of nitriles is 1. The molecular weight excluding hydrogens is 364 g/mol. The molecule has 0 saturated carbocycles. The molecule has 0 amide bonds. The third kappa shape index (κ3) is 2.51. The van der Waals surface area contributed by atoms with Crippen LogP contribution in [-0.4, -0.2) is 0 Å². The Labute approximate surface area is 139 Å². The van der Waals surface area contributed by atoms with Crippen molar-refractivity contribution < 1.29 is 0 Å². The first-order valence-corrected chi connectivity index (χ1v) is 8.68. The molecule has 0 spiro atoms. The number of hydrogen-bond donors (Lipinski definition) is 1. The fourth-order valence-electron chi connectivity index (χ4n) is 2.16. The summed E-state index contributed by atoms with van der Waals surface area (Å²) in [6.07, 6.45) is 0. The Morgan fingerprint density at radius 1 is 1.19 bits per heavy atom. The van der Waals surface area contributed by atoms with Gasteiger partial charge in [-0.05, 0) is 40.0 Å². The molecule has 0 aliphatic heterocycles. The molecule has 2 heterocycles. The predicted octanol–water partition coefficient (Wildman–Crippen LogP) is 5.67. The lowest BCUT2D eigenvalue weighted by atomic mass is 10.0. The highest BCUT2D eigenvalue weighted by Crippen LogP contribution is 2.48. The minimum atomic E-state index is 0.575. The van der Waals surface area contributed by atoms with Gasteiger partial charge < -0.3 is 5.73 Å². The molecular formula is C16H11BrN2S2. The molecule has 0 radical (unpaired) electrons. The zero-order valence-electron chi connectivity index (χ0n) is 11.2. The maximum absolute atomic E-state index is 9.28. The van der Waals surface area contributed by atoms with E-state index in [2.05, 4.69) is 35.0 Å². The van der Waals surface area contributed by atoms with Gasteiger partial charge in [-0.25, -0.2) is 0 Å². The van der Waals surface area contributed by atoms with Crippen LogP contribution in [0.4, 0.5) is 5.69 Å². The number of thiophene rings is 2. The third-order valence-electron chi connectivity index (χ3n) is 3.19. The van der Waals surface area contributed by atoms with E-state index in [1.165, 1.54) is 16.9 Å². The van der Waals surface area contributed by atoms with Gasteiger partial charge in [0, 0.05) is 10.4 Å². The van der Waals surface area contributed by atoms with Crippen LogP contribution in [0.15, 0.2) is 40.2 Å². The molecule has 104 valence electrons. The Morgan fingerprint density at radius 2 is 1.90 bits per heavy atom. The van der Waals surface area contributed by atoms with Crippen LogP contribution in [0.25, 0.3) is 20.9 Å². The quantitative estimate of drug-likeness (QED) is 0.628. The first kappa shape index (κ1) is 14.3. The van der Waals surface area contributed by atoms with Crippen LogP contribution in [0.3, 0.4) is 0 Å². The third-order valence-corrected chi connectivity index (χ3v) is 6.62. The van der Waals surface area contributed by atoms with Crippen molar-refractivity contribution in [2.75, 3.05) is 5.73 Å². The normalized spacial score (nSPS) is 10.5. The molecule has 0 aliphatic carbocycles. The lowest BCUT2D eigenvalue weighted by Crippen LogP contribution is -1.88. The highest BCUT2D eigenvalue weighted by Gasteiger charge is 2.20. The largest absolute Gasteiger partial charge is 0.396 e. The van der Waals surface area contributed by atoms with Crippen LogP contribution in [0.5, 0.6) is 0 Å². The number of aryl methyl sites for hydroxylation is 1. The fourth-order valence-corrected chi connectivity index (χ4v) is 4.85. The molecule has 0 aliphatic rings. The van der Waals surface area contributed by atoms with Crippen molar-refractivity contribution in [2.45, 2.75) is 6.92 Å². The van der Waals surface area contributed by atoms with Crippen molar-refractivity contribution in [3.63, 3.8) is 0 Å². The summed E-state index contributed by atoms with van der Waals surface area (Å²) in [5, 5.41) is 9.28. The van der Waals surface area contributed by atoms with Gasteiger partial charge in [-0.15, -0.1) is 22.7 Å². The van der Waals surface area contributed by atoms with Crippen molar-refractivity contribution in [1.82, 2.24) is 0 Å². The van der Waals surface area contributed by atoms with Crippen molar-refractivity contribution in [2.24, 2.45) is 0 Å². The lowest BCUT2D eigenvalue weighted by molar-refractivity contribution is 1.52. The van der Waals surface area contributed by atoms with E-state index in [1.807, 2.05) is 30.3 Å². The van der Waals surface area contributed by atoms with Crippen molar-refractivity contribution >= 4 is 44.3 Å². The van der Waals surface area contributed by atoms with E-state index >= 15 is 0 Å². The van der Waals surface area contributed by atoms with Gasteiger partial charge in [-0.3, -0.25) is 0 Å². The zero-order valence-corrected chi connectivity index (χ0v) is 14.4. The standard InChI is InChI=1S/C16H11BrN2S2/c1-9-7-11(21-16(9)17)15-13(10-5-3-2-4-6-10)14(19)12(8-18)20-15/h2-7H,19H2,1H3. The van der Waals surface area contributed by atoms with E-state index in [0.29, 0.717) is 10.6 Å². The van der Waals surface area contributed by atoms with Crippen LogP contribution in [-0.2, 0) is 0 Å². The summed E-state index contributed by atoms with van der Waals surface area (Å²) in [6.45, 7) is 2.06. The predicted molar refractivity (Wildman–Crippen MR) is 94.6 cm³/mol. The molecule has 0 bridgehead atoms. The topological polar surface area (TPSA) is 49.8 Å². The Balaban J connectivity index is 2.28. The number of rotatable bonds is 2. The summed E-state index contributed by atoms with van der Waals surface area (Å²) >= 11 is 6.69. The molecule has 0 saturated heterocycles. The number of hydrogen-bond acceptors (Lipinski definition) is 4. The maximum atomic E-state index is 9.28. The van der Waals surface area contributed by atoms with Gasteiger partial charge in [0.05, 0.1) is 14.4 Å². The molecule has 1 aromatic carbocycles. The van der Waals surface area contributed by atoms with E-state index in [0.717, 1.165) is 24.7 Å². The summed E-state index contributed by atoms with van der Waals surface area (Å²) < 4.78 is 1.11. The summed E-state index contributed by atoms with van der Waals surface area (Å²) in [6, 6.07) is 14.3. The molecule has 3 aromatic rings. The molecule has 0 unspecified atom stereocenters. The Morgan fingerprint density at radius 3 is 2.48 bits per heavy atom. The second-order valence-corrected chi connectivity index (χ2v) is 7.98. The summed E-state index contributed by atoms with van der Waals surface area (Å²) in [7, 11) is 0. The molecule has 0 fully saturated rings. The monoisotopic (exact) mass is 374 g/mol. The van der Waals surface area contributed by atoms with Gasteiger partial charge in [0.15, 0.2) is 0 Å². The van der Waals surface area contributed by atoms with Crippen LogP contribution < -0.4 is 5.73 Å². The number of halogens is 1. The van der Waals surface area contributed by atoms with Gasteiger partial charge in [-0.1, -0.05) is 30.3 Å². The minimum absolute atomic E-state index is 0.575. The summed E-state index contributed by atoms with van der Waals surface area (Å²) in [4.78, 5) is 2.77. The van der Waals surface area contributed by atoms with E-state index < -0.39 is 0 Å². The Hall–Kier alpha value is -1.61. The summed E-state index contributed by atoms with van der Waals surface area (Å²) in [5.41, 5.74) is 9.99. The van der Waals surface area contributed by atoms with Crippen molar-refractivity contribution in [3.8, 4) is 27.0 Å². The molecule has 2 aromatic heterocycles. The van der Waals surface area contributed by atoms with Crippen LogP contribution in [0, 0.1) is 18.3 Å². The maximum Gasteiger partial charge on any atom is 0.129 e. The number of benzene rings is 1. The SMILES string of the molecule is Cc1cc(-c2sc(C#N)c(N)c2-c2ccccc2)sc1Br. The minimum Gasteiger partial charge on any atom is -0.396 e. The van der Waals surface area contributed by atoms with Gasteiger partial charge in [0.2, 0.25) is 0 Å². The highest BCUT2D eigenvalue weighted by atomic mass is 79.9. The van der Waals surface area contributed by atoms with Gasteiger partial charge in [0.25, 0.3) is 0 Å². The number of nitrogen functional groups attached to an aromatic ring is 1. The molecule has 2 nitrogen and oxygen atoms in total. The first-order chi connectivity index (χ1) is 10.1. The first-order valence-electron chi connectivity index (χ1n) is 6.26. The zero-order chi connectivity index (χ0) is 15.0. The number of nitrogens with zero attached hydrogens (tertiary/aromatic N) is 1. The van der Waals surface area contributed by atoms with Crippen LogP contribution in [0.1, 0.15) is 10.4 Å². The smallest absolute Gasteiger partial charge is 0.129 e. The Kier molecular flexibility index (Phi) is 3.85. The second kappa shape index (κ2) is 5.64. The van der Waals surface area contributed by atoms with E-state index in [4.69, 9.17) is 5.73 Å². The van der Waals surface area contributed by atoms with Crippen LogP contribution in [0.2, 0.25) is 0 Å². The van der Waals surface area contributed by atoms with E-state index in [-0.39, 0.29) is 0 Å². The molecule has 3 rings (SSSR count). The van der Waals surface area contributed by atoms with Gasteiger partial charge in [0.1, 0.15) is 10.9 Å². The highest BCUT2D eigenvalue weighted by molar-refractivity contribution is 9.11. The average molecular weight is 375 g/mol. The second-order valence-electron chi connectivity index (χ2n) is 4.59. The number of anilines is 1. The van der Waals surface area contributed by atoms with Crippen molar-refractivity contribution in [3.05, 3.63) is 50.6 Å². The van der Waals surface area contributed by atoms with Crippen molar-refractivity contribution in [1.29, 1.82) is 5.26 Å². The number of nitrogens with two attached hydrogens (primary N) is 1. The average Bonchev–Trinajstić information content (AvgIpc) is 3.00. The van der Waals surface area contributed by atoms with E-state index in [1.54, 1.807) is 11.3 Å². The Bertz CT molecular complexity index is 822. The molecule has 5 heteroatoms. The summed E-state index contributed by atoms with van der Waals surface area (Å²) in [5.74, 6) is 0. The molecule has 21 heavy (non-hydrogen) atoms. The van der Waals surface area contributed by atoms with E-state index in [9.17, 15) is 5.26 Å². The van der Waals surface area contributed by atoms with Crippen LogP contribution >= 0.6 is 38.6 Å². The fraction of sp³-hybridized carbons (Fsp3) is 0.0625. The molecule has 2 N–H and O–H groups in total. The van der Waals surface area contributed by atoms with Gasteiger partial charge >= 0.3 is 0 Å². The van der Waals surface area contributed by atoms with Gasteiger partial charge in [-0.2, -0.15) is 5.26 Å².